The molecule has 1 fully saturated rings. The molecule has 1 aromatic heterocycles. The number of hydrogen-bond donors (Lipinski definition) is 2. The number of anilines is 2. The molecule has 1 aliphatic carbocycles. The molecule has 2 N–H and O–H groups in total. The maximum absolute atomic E-state index is 13.0. The van der Waals surface area contributed by atoms with Crippen molar-refractivity contribution in [3.05, 3.63) is 52.8 Å². The number of rotatable bonds is 4. The highest BCUT2D eigenvalue weighted by atomic mass is 19.4. The molecule has 2 aliphatic rings. The van der Waals surface area contributed by atoms with Gasteiger partial charge < -0.3 is 15.5 Å². The van der Waals surface area contributed by atoms with E-state index in [1.807, 2.05) is 19.2 Å². The number of amides is 1. The van der Waals surface area contributed by atoms with Gasteiger partial charge in [-0.05, 0) is 68.4 Å². The first kappa shape index (κ1) is 25.1. The molecule has 11 heteroatoms. The molecule has 1 amide bonds. The summed E-state index contributed by atoms with van der Waals surface area (Å²) in [6.45, 7) is 0.932. The summed E-state index contributed by atoms with van der Waals surface area (Å²) in [4.78, 5) is 17.6. The van der Waals surface area contributed by atoms with Crippen LogP contribution < -0.4 is 15.5 Å². The topological polar surface area (TPSA) is 57.3 Å². The molecule has 0 bridgehead atoms. The van der Waals surface area contributed by atoms with Gasteiger partial charge in [-0.2, -0.15) is 26.3 Å². The number of aryl methyl sites for hydroxylation is 1. The van der Waals surface area contributed by atoms with E-state index in [2.05, 4.69) is 20.5 Å². The van der Waals surface area contributed by atoms with Gasteiger partial charge in [0.1, 0.15) is 11.4 Å². The van der Waals surface area contributed by atoms with Gasteiger partial charge >= 0.3 is 12.4 Å². The Morgan fingerprint density at radius 2 is 1.54 bits per heavy atom. The van der Waals surface area contributed by atoms with Crippen molar-refractivity contribution < 1.29 is 31.1 Å². The molecule has 0 radical (unpaired) electrons. The van der Waals surface area contributed by atoms with E-state index in [-0.39, 0.29) is 23.7 Å². The summed E-state index contributed by atoms with van der Waals surface area (Å²) in [6, 6.07) is 6.41. The highest BCUT2D eigenvalue weighted by Crippen LogP contribution is 2.36. The number of nitrogens with one attached hydrogen (secondary N) is 2. The Kier molecular flexibility index (Phi) is 6.88. The lowest BCUT2D eigenvalue weighted by Gasteiger charge is -2.31. The van der Waals surface area contributed by atoms with Gasteiger partial charge in [0.25, 0.3) is 5.91 Å². The Hall–Kier alpha value is -2.98. The lowest BCUT2D eigenvalue weighted by Crippen LogP contribution is -2.40. The second kappa shape index (κ2) is 9.58. The lowest BCUT2D eigenvalue weighted by atomic mass is 9.90. The van der Waals surface area contributed by atoms with Crippen LogP contribution in [0.3, 0.4) is 0 Å². The Morgan fingerprint density at radius 1 is 0.943 bits per heavy atom. The summed E-state index contributed by atoms with van der Waals surface area (Å²) in [7, 11) is 1.99. The molecule has 0 spiro atoms. The Morgan fingerprint density at radius 3 is 2.14 bits per heavy atom. The van der Waals surface area contributed by atoms with Crippen molar-refractivity contribution >= 4 is 17.3 Å². The van der Waals surface area contributed by atoms with Crippen LogP contribution in [0.4, 0.5) is 37.7 Å². The molecule has 190 valence electrons. The number of carbonyl (C=O) groups excluding carboxylic acids is 1. The van der Waals surface area contributed by atoms with Crippen LogP contribution in [-0.4, -0.2) is 36.6 Å². The maximum atomic E-state index is 13.0. The van der Waals surface area contributed by atoms with E-state index in [1.54, 1.807) is 6.07 Å². The molecule has 0 unspecified atom stereocenters. The predicted octanol–water partition coefficient (Wildman–Crippen LogP) is 5.65. The van der Waals surface area contributed by atoms with Crippen LogP contribution in [0.1, 0.15) is 59.4 Å². The third-order valence-corrected chi connectivity index (χ3v) is 6.54. The van der Waals surface area contributed by atoms with Crippen LogP contribution in [0.2, 0.25) is 0 Å². The first-order valence-electron chi connectivity index (χ1n) is 11.5. The summed E-state index contributed by atoms with van der Waals surface area (Å²) >= 11 is 0. The van der Waals surface area contributed by atoms with Gasteiger partial charge in [0.05, 0.1) is 0 Å². The Labute approximate surface area is 198 Å². The number of pyridine rings is 1. The molecule has 1 aliphatic heterocycles. The number of alkyl halides is 6. The first-order valence-corrected chi connectivity index (χ1v) is 11.5. The van der Waals surface area contributed by atoms with Crippen LogP contribution in [0.5, 0.6) is 0 Å². The van der Waals surface area contributed by atoms with E-state index in [4.69, 9.17) is 0 Å². The van der Waals surface area contributed by atoms with Crippen LogP contribution >= 0.6 is 0 Å². The highest BCUT2D eigenvalue weighted by Gasteiger charge is 2.39. The summed E-state index contributed by atoms with van der Waals surface area (Å²) in [5, 5.41) is 5.80. The number of benzene rings is 1. The lowest BCUT2D eigenvalue weighted by molar-refractivity contribution is -0.150. The van der Waals surface area contributed by atoms with Crippen LogP contribution in [0.25, 0.3) is 0 Å². The number of carbonyl (C=O) groups is 1. The van der Waals surface area contributed by atoms with E-state index in [1.165, 1.54) is 5.56 Å². The first-order chi connectivity index (χ1) is 16.4. The van der Waals surface area contributed by atoms with Crippen molar-refractivity contribution in [2.24, 2.45) is 0 Å². The molecular formula is C24H26F6N4O. The van der Waals surface area contributed by atoms with Gasteiger partial charge in [0.15, 0.2) is 0 Å². The zero-order valence-electron chi connectivity index (χ0n) is 19.1. The average Bonchev–Trinajstić information content (AvgIpc) is 2.79. The largest absolute Gasteiger partial charge is 0.433 e. The molecule has 4 rings (SSSR count). The second-order valence-corrected chi connectivity index (χ2v) is 9.16. The minimum absolute atomic E-state index is 0.122. The van der Waals surface area contributed by atoms with E-state index >= 15 is 0 Å². The van der Waals surface area contributed by atoms with Crippen molar-refractivity contribution in [1.29, 1.82) is 0 Å². The number of halogens is 6. The van der Waals surface area contributed by atoms with Gasteiger partial charge in [0.2, 0.25) is 0 Å². The van der Waals surface area contributed by atoms with Crippen LogP contribution in [0, 0.1) is 0 Å². The highest BCUT2D eigenvalue weighted by molar-refractivity contribution is 5.95. The fourth-order valence-corrected chi connectivity index (χ4v) is 4.69. The van der Waals surface area contributed by atoms with Crippen LogP contribution in [0.15, 0.2) is 30.3 Å². The number of fused-ring (bicyclic) bond motifs is 1. The SMILES string of the molecule is CN1CCCc2ccc(C(=O)NC3CCC(Nc4cc(C(F)(F)F)nc(C(F)(F)F)c4)CC3)cc21. The number of nitrogens with zero attached hydrogens (tertiary/aromatic N) is 2. The molecule has 2 aromatic rings. The summed E-state index contributed by atoms with van der Waals surface area (Å²) in [6.07, 6.45) is -5.86. The average molecular weight is 500 g/mol. The van der Waals surface area contributed by atoms with Gasteiger partial charge in [-0.1, -0.05) is 6.07 Å². The molecule has 0 atom stereocenters. The quantitative estimate of drug-likeness (QED) is 0.533. The predicted molar refractivity (Wildman–Crippen MR) is 119 cm³/mol. The third-order valence-electron chi connectivity index (χ3n) is 6.54. The molecule has 35 heavy (non-hydrogen) atoms. The molecule has 1 saturated carbocycles. The van der Waals surface area contributed by atoms with Crippen molar-refractivity contribution in [1.82, 2.24) is 10.3 Å². The normalized spacial score (nSPS) is 20.8. The number of aromatic nitrogens is 1. The number of hydrogen-bond acceptors (Lipinski definition) is 4. The van der Waals surface area contributed by atoms with E-state index in [9.17, 15) is 31.1 Å². The zero-order chi connectivity index (χ0) is 25.4. The summed E-state index contributed by atoms with van der Waals surface area (Å²) < 4.78 is 78.2. The fourth-order valence-electron chi connectivity index (χ4n) is 4.69. The van der Waals surface area contributed by atoms with Crippen molar-refractivity contribution in [2.45, 2.75) is 63.0 Å². The zero-order valence-corrected chi connectivity index (χ0v) is 19.1. The van der Waals surface area contributed by atoms with Gasteiger partial charge in [-0.3, -0.25) is 4.79 Å². The molecule has 1 aromatic carbocycles. The second-order valence-electron chi connectivity index (χ2n) is 9.16. The molecule has 5 nitrogen and oxygen atoms in total. The Bertz CT molecular complexity index is 1040. The van der Waals surface area contributed by atoms with Crippen molar-refractivity contribution in [3.8, 4) is 0 Å². The van der Waals surface area contributed by atoms with E-state index in [0.717, 1.165) is 25.1 Å². The van der Waals surface area contributed by atoms with Crippen molar-refractivity contribution in [3.63, 3.8) is 0 Å². The van der Waals surface area contributed by atoms with E-state index in [0.29, 0.717) is 43.4 Å². The molecular weight excluding hydrogens is 474 g/mol. The molecule has 0 saturated heterocycles. The smallest absolute Gasteiger partial charge is 0.382 e. The fraction of sp³-hybridized carbons (Fsp3) is 0.500. The maximum Gasteiger partial charge on any atom is 0.433 e. The van der Waals surface area contributed by atoms with Crippen LogP contribution in [-0.2, 0) is 18.8 Å². The van der Waals surface area contributed by atoms with E-state index < -0.39 is 23.7 Å². The summed E-state index contributed by atoms with van der Waals surface area (Å²) in [5.41, 5.74) is -0.636. The summed E-state index contributed by atoms with van der Waals surface area (Å²) in [5.74, 6) is -0.193. The Balaban J connectivity index is 1.36. The van der Waals surface area contributed by atoms with Gasteiger partial charge in [-0.15, -0.1) is 0 Å². The van der Waals surface area contributed by atoms with Gasteiger partial charge in [-0.25, -0.2) is 4.98 Å². The minimum atomic E-state index is -4.99. The minimum Gasteiger partial charge on any atom is -0.382 e. The standard InChI is InChI=1S/C24H26F6N4O/c1-34-10-2-3-14-4-5-15(11-19(14)34)22(35)32-17-8-6-16(7-9-17)31-18-12-20(23(25,26)27)33-21(13-18)24(28,29)30/h4-5,11-13,16-17H,2-3,6-10H2,1H3,(H,31,33)(H,32,35). The molecule has 2 heterocycles. The van der Waals surface area contributed by atoms with Crippen molar-refractivity contribution in [2.75, 3.05) is 23.8 Å². The third kappa shape index (κ3) is 5.99. The monoisotopic (exact) mass is 500 g/mol. The van der Waals surface area contributed by atoms with Gasteiger partial charge in [0, 0.05) is 42.6 Å².